The normalized spacial score (nSPS) is 12.2. The minimum atomic E-state index is -0.613. The first kappa shape index (κ1) is 49.1. The lowest BCUT2D eigenvalue weighted by Gasteiger charge is -2.15. The highest BCUT2D eigenvalue weighted by atomic mass is 16.5. The average molecular weight is 717 g/mol. The molecule has 0 aromatic carbocycles. The second kappa shape index (κ2) is 40.9. The lowest BCUT2D eigenvalue weighted by atomic mass is 10.1. The summed E-state index contributed by atoms with van der Waals surface area (Å²) >= 11 is 0. The second-order valence-corrected chi connectivity index (χ2v) is 15.0. The minimum Gasteiger partial charge on any atom is -0.466 e. The maximum atomic E-state index is 12.3. The monoisotopic (exact) mass is 717 g/mol. The molecule has 0 aliphatic rings. The molecular weight excluding hydrogens is 633 g/mol. The van der Waals surface area contributed by atoms with Crippen molar-refractivity contribution in [2.24, 2.45) is 0 Å². The molecule has 0 saturated heterocycles. The predicted octanol–water partition coefficient (Wildman–Crippen LogP) is 14.4. The van der Waals surface area contributed by atoms with E-state index in [4.69, 9.17) is 9.47 Å². The summed E-state index contributed by atoms with van der Waals surface area (Å²) in [4.78, 5) is 36.4. The summed E-state index contributed by atoms with van der Waals surface area (Å²) in [6, 6.07) is 0. The van der Waals surface area contributed by atoms with Crippen LogP contribution in [0.5, 0.6) is 0 Å². The molecular formula is C46H84O5. The lowest BCUT2D eigenvalue weighted by molar-refractivity contribution is -0.155. The first-order chi connectivity index (χ1) is 25.0. The van der Waals surface area contributed by atoms with Crippen molar-refractivity contribution < 1.29 is 23.9 Å². The molecule has 0 aromatic rings. The van der Waals surface area contributed by atoms with Crippen molar-refractivity contribution in [2.45, 2.75) is 245 Å². The summed E-state index contributed by atoms with van der Waals surface area (Å²) in [7, 11) is 0. The number of ether oxygens (including phenoxy) is 2. The summed E-state index contributed by atoms with van der Waals surface area (Å²) in [5, 5.41) is 0. The van der Waals surface area contributed by atoms with E-state index in [0.29, 0.717) is 25.9 Å². The van der Waals surface area contributed by atoms with E-state index in [2.05, 4.69) is 38.2 Å². The molecule has 0 aliphatic carbocycles. The number of unbranched alkanes of at least 4 members (excludes halogenated alkanes) is 26. The second-order valence-electron chi connectivity index (χ2n) is 15.0. The van der Waals surface area contributed by atoms with E-state index in [0.717, 1.165) is 70.6 Å². The average Bonchev–Trinajstić information content (AvgIpc) is 3.12. The molecule has 1 unspecified atom stereocenters. The van der Waals surface area contributed by atoms with Gasteiger partial charge in [-0.1, -0.05) is 160 Å². The number of allylic oxidation sites excluding steroid dienone is 4. The molecule has 0 fully saturated rings. The van der Waals surface area contributed by atoms with E-state index < -0.39 is 6.10 Å². The molecule has 51 heavy (non-hydrogen) atoms. The smallest absolute Gasteiger partial charge is 0.306 e. The third-order valence-electron chi connectivity index (χ3n) is 9.89. The number of hydrogen-bond donors (Lipinski definition) is 0. The number of rotatable bonds is 40. The minimum absolute atomic E-state index is 0.0638. The maximum absolute atomic E-state index is 12.3. The zero-order chi connectivity index (χ0) is 37.3. The molecule has 0 rings (SSSR count). The van der Waals surface area contributed by atoms with Crippen LogP contribution in [0, 0.1) is 0 Å². The third-order valence-corrected chi connectivity index (χ3v) is 9.89. The summed E-state index contributed by atoms with van der Waals surface area (Å²) in [5.41, 5.74) is 0. The Bertz CT molecular complexity index is 831. The molecule has 298 valence electrons. The van der Waals surface area contributed by atoms with Gasteiger partial charge < -0.3 is 9.47 Å². The van der Waals surface area contributed by atoms with E-state index in [9.17, 15) is 14.4 Å². The summed E-state index contributed by atoms with van der Waals surface area (Å²) < 4.78 is 11.0. The highest BCUT2D eigenvalue weighted by Gasteiger charge is 2.18. The van der Waals surface area contributed by atoms with E-state index in [1.807, 2.05) is 0 Å². The van der Waals surface area contributed by atoms with Gasteiger partial charge in [-0.25, -0.2) is 0 Å². The topological polar surface area (TPSA) is 69.7 Å². The lowest BCUT2D eigenvalue weighted by Crippen LogP contribution is -2.25. The zero-order valence-electron chi connectivity index (χ0n) is 34.2. The molecule has 5 heteroatoms. The van der Waals surface area contributed by atoms with Crippen molar-refractivity contribution in [2.75, 3.05) is 6.61 Å². The van der Waals surface area contributed by atoms with Crippen LogP contribution in [0.3, 0.4) is 0 Å². The Labute approximate surface area is 316 Å². The summed E-state index contributed by atoms with van der Waals surface area (Å²) in [6.07, 6.45) is 47.3. The van der Waals surface area contributed by atoms with Crippen LogP contribution in [0.4, 0.5) is 0 Å². The van der Waals surface area contributed by atoms with Gasteiger partial charge in [-0.3, -0.25) is 14.4 Å². The van der Waals surface area contributed by atoms with Crippen molar-refractivity contribution in [1.82, 2.24) is 0 Å². The van der Waals surface area contributed by atoms with Gasteiger partial charge in [0.05, 0.1) is 6.61 Å². The molecule has 0 aromatic heterocycles. The van der Waals surface area contributed by atoms with Gasteiger partial charge in [-0.2, -0.15) is 0 Å². The van der Waals surface area contributed by atoms with E-state index in [1.165, 1.54) is 135 Å². The standard InChI is InChI=1S/C46H84O5/c1-4-6-8-10-12-14-16-18-20-22-24-26-28-32-36-40-45(48)50-42-38-34-30-31-35-39-44(43(3)47)51-46(49)41-37-33-29-27-25-23-21-19-17-15-13-11-9-7-5-2/h18-21,44H,4-17,22-42H2,1-3H3/b20-18-,21-19-. The summed E-state index contributed by atoms with van der Waals surface area (Å²) in [6.45, 7) is 6.54. The van der Waals surface area contributed by atoms with Crippen molar-refractivity contribution in [3.05, 3.63) is 24.3 Å². The van der Waals surface area contributed by atoms with Crippen molar-refractivity contribution >= 4 is 17.7 Å². The molecule has 5 nitrogen and oxygen atoms in total. The van der Waals surface area contributed by atoms with E-state index >= 15 is 0 Å². The fourth-order valence-corrected chi connectivity index (χ4v) is 6.46. The highest BCUT2D eigenvalue weighted by molar-refractivity contribution is 5.83. The van der Waals surface area contributed by atoms with Gasteiger partial charge in [-0.05, 0) is 90.4 Å². The first-order valence-electron chi connectivity index (χ1n) is 22.2. The van der Waals surface area contributed by atoms with Crippen LogP contribution >= 0.6 is 0 Å². The fourth-order valence-electron chi connectivity index (χ4n) is 6.46. The Morgan fingerprint density at radius 1 is 0.431 bits per heavy atom. The number of carbonyl (C=O) groups excluding carboxylic acids is 3. The highest BCUT2D eigenvalue weighted by Crippen LogP contribution is 2.15. The van der Waals surface area contributed by atoms with Crippen molar-refractivity contribution in [1.29, 1.82) is 0 Å². The Morgan fingerprint density at radius 2 is 0.784 bits per heavy atom. The van der Waals surface area contributed by atoms with Crippen LogP contribution < -0.4 is 0 Å². The first-order valence-corrected chi connectivity index (χ1v) is 22.2. The number of Topliss-reactive ketones (excluding diaryl/α,β-unsaturated/α-hetero) is 1. The zero-order valence-corrected chi connectivity index (χ0v) is 34.2. The Morgan fingerprint density at radius 3 is 1.22 bits per heavy atom. The molecule has 0 heterocycles. The largest absolute Gasteiger partial charge is 0.466 e. The number of esters is 2. The number of carbonyl (C=O) groups is 3. The molecule has 0 N–H and O–H groups in total. The quantitative estimate of drug-likeness (QED) is 0.0359. The van der Waals surface area contributed by atoms with Crippen LogP contribution in [0.15, 0.2) is 24.3 Å². The van der Waals surface area contributed by atoms with Gasteiger partial charge >= 0.3 is 11.9 Å². The number of hydrogen-bond acceptors (Lipinski definition) is 5. The predicted molar refractivity (Wildman–Crippen MR) is 218 cm³/mol. The van der Waals surface area contributed by atoms with Crippen LogP contribution in [-0.4, -0.2) is 30.4 Å². The van der Waals surface area contributed by atoms with Gasteiger partial charge in [0.15, 0.2) is 11.9 Å². The summed E-state index contributed by atoms with van der Waals surface area (Å²) in [5.74, 6) is -0.372. The van der Waals surface area contributed by atoms with Gasteiger partial charge in [0, 0.05) is 12.8 Å². The number of ketones is 1. The van der Waals surface area contributed by atoms with Crippen molar-refractivity contribution in [3.63, 3.8) is 0 Å². The van der Waals surface area contributed by atoms with Gasteiger partial charge in [-0.15, -0.1) is 0 Å². The third kappa shape index (κ3) is 39.1. The molecule has 1 atom stereocenters. The van der Waals surface area contributed by atoms with E-state index in [1.54, 1.807) is 0 Å². The van der Waals surface area contributed by atoms with Gasteiger partial charge in [0.25, 0.3) is 0 Å². The SMILES string of the molecule is CCCCCCCC/C=C\CCCCCCCC(=O)OCCCCCCCC(OC(=O)CCCCCCC/C=C\CCCCCCCC)C(C)=O. The Balaban J connectivity index is 3.59. The molecule has 0 radical (unpaired) electrons. The molecule has 0 saturated carbocycles. The Kier molecular flexibility index (Phi) is 39.3. The molecule has 0 amide bonds. The molecule has 0 aliphatic heterocycles. The van der Waals surface area contributed by atoms with Crippen LogP contribution in [-0.2, 0) is 23.9 Å². The Hall–Kier alpha value is -1.91. The fraction of sp³-hybridized carbons (Fsp3) is 0.848. The van der Waals surface area contributed by atoms with Crippen LogP contribution in [0.2, 0.25) is 0 Å². The van der Waals surface area contributed by atoms with Gasteiger partial charge in [0.2, 0.25) is 0 Å². The van der Waals surface area contributed by atoms with Crippen LogP contribution in [0.25, 0.3) is 0 Å². The van der Waals surface area contributed by atoms with Crippen LogP contribution in [0.1, 0.15) is 239 Å². The van der Waals surface area contributed by atoms with Crippen molar-refractivity contribution in [3.8, 4) is 0 Å². The maximum Gasteiger partial charge on any atom is 0.306 e. The van der Waals surface area contributed by atoms with Gasteiger partial charge in [0.1, 0.15) is 0 Å². The molecule has 0 spiro atoms. The molecule has 0 bridgehead atoms. The van der Waals surface area contributed by atoms with E-state index in [-0.39, 0.29) is 17.7 Å².